The first-order valence-corrected chi connectivity index (χ1v) is 6.33. The normalized spacial score (nSPS) is 11.4. The molecule has 96 valence electrons. The van der Waals surface area contributed by atoms with Gasteiger partial charge in [-0.05, 0) is 27.0 Å². The number of anilines is 1. The van der Waals surface area contributed by atoms with Crippen molar-refractivity contribution < 1.29 is 0 Å². The fraction of sp³-hybridized carbons (Fsp3) is 0.429. The first kappa shape index (κ1) is 12.8. The van der Waals surface area contributed by atoms with Gasteiger partial charge in [0, 0.05) is 24.5 Å². The minimum atomic E-state index is 0.569. The quantitative estimate of drug-likeness (QED) is 0.876. The smallest absolute Gasteiger partial charge is 0.0950 e. The zero-order valence-corrected chi connectivity index (χ0v) is 11.2. The lowest BCUT2D eigenvalue weighted by molar-refractivity contribution is 0.284. The van der Waals surface area contributed by atoms with Gasteiger partial charge in [-0.2, -0.15) is 10.2 Å². The number of hydrogen-bond acceptors (Lipinski definition) is 4. The van der Waals surface area contributed by atoms with Gasteiger partial charge in [0.25, 0.3) is 0 Å². The Morgan fingerprint density at radius 2 is 2.06 bits per heavy atom. The van der Waals surface area contributed by atoms with E-state index >= 15 is 0 Å². The molecule has 2 aromatic rings. The Labute approximate surface area is 108 Å². The molecule has 0 amide bonds. The van der Waals surface area contributed by atoms with Crippen molar-refractivity contribution in [1.29, 1.82) is 0 Å². The Morgan fingerprint density at radius 1 is 1.28 bits per heavy atom. The number of rotatable bonds is 5. The van der Waals surface area contributed by atoms with E-state index in [-0.39, 0.29) is 0 Å². The predicted molar refractivity (Wildman–Crippen MR) is 75.8 cm³/mol. The van der Waals surface area contributed by atoms with Crippen LogP contribution in [0.25, 0.3) is 10.9 Å². The Kier molecular flexibility index (Phi) is 4.10. The Hall–Kier alpha value is -1.68. The van der Waals surface area contributed by atoms with Crippen molar-refractivity contribution in [2.45, 2.75) is 19.9 Å². The van der Waals surface area contributed by atoms with Crippen LogP contribution in [0, 0.1) is 0 Å². The number of fused-ring (bicyclic) bond motifs is 1. The Bertz CT molecular complexity index is 505. The summed E-state index contributed by atoms with van der Waals surface area (Å²) in [5.41, 5.74) is 1.98. The van der Waals surface area contributed by atoms with Gasteiger partial charge >= 0.3 is 0 Å². The van der Waals surface area contributed by atoms with Gasteiger partial charge in [0.2, 0.25) is 0 Å². The van der Waals surface area contributed by atoms with E-state index in [1.165, 1.54) is 0 Å². The van der Waals surface area contributed by atoms with Crippen molar-refractivity contribution in [3.63, 3.8) is 0 Å². The maximum atomic E-state index is 4.11. The van der Waals surface area contributed by atoms with Crippen LogP contribution in [0.4, 0.5) is 5.69 Å². The van der Waals surface area contributed by atoms with E-state index in [1.807, 2.05) is 18.2 Å². The van der Waals surface area contributed by atoms with Gasteiger partial charge in [-0.3, -0.25) is 0 Å². The highest BCUT2D eigenvalue weighted by Gasteiger charge is 2.04. The molecule has 1 aromatic heterocycles. The molecule has 0 aliphatic heterocycles. The lowest BCUT2D eigenvalue weighted by Gasteiger charge is -2.21. The summed E-state index contributed by atoms with van der Waals surface area (Å²) >= 11 is 0. The van der Waals surface area contributed by atoms with Crippen molar-refractivity contribution in [3.05, 3.63) is 30.5 Å². The van der Waals surface area contributed by atoms with Crippen molar-refractivity contribution in [1.82, 2.24) is 15.1 Å². The van der Waals surface area contributed by atoms with Crippen LogP contribution < -0.4 is 5.32 Å². The molecule has 0 unspecified atom stereocenters. The molecule has 4 nitrogen and oxygen atoms in total. The Morgan fingerprint density at radius 3 is 2.83 bits per heavy atom. The van der Waals surface area contributed by atoms with Crippen molar-refractivity contribution in [2.75, 3.05) is 25.5 Å². The molecule has 0 atom stereocenters. The molecule has 0 saturated carbocycles. The molecule has 1 N–H and O–H groups in total. The average molecular weight is 244 g/mol. The van der Waals surface area contributed by atoms with Crippen LogP contribution in [-0.2, 0) is 0 Å². The maximum Gasteiger partial charge on any atom is 0.0950 e. The molecule has 0 saturated heterocycles. The lowest BCUT2D eigenvalue weighted by atomic mass is 10.2. The first-order valence-electron chi connectivity index (χ1n) is 6.33. The number of nitrogens with one attached hydrogen (secondary N) is 1. The monoisotopic (exact) mass is 244 g/mol. The summed E-state index contributed by atoms with van der Waals surface area (Å²) < 4.78 is 0. The van der Waals surface area contributed by atoms with Crippen molar-refractivity contribution >= 4 is 16.6 Å². The van der Waals surface area contributed by atoms with Crippen molar-refractivity contribution in [2.24, 2.45) is 0 Å². The van der Waals surface area contributed by atoms with Gasteiger partial charge in [-0.15, -0.1) is 0 Å². The van der Waals surface area contributed by atoms with Crippen LogP contribution in [0.2, 0.25) is 0 Å². The molecule has 1 heterocycles. The second-order valence-electron chi connectivity index (χ2n) is 4.78. The van der Waals surface area contributed by atoms with Gasteiger partial charge in [0.05, 0.1) is 17.4 Å². The largest absolute Gasteiger partial charge is 0.382 e. The van der Waals surface area contributed by atoms with Gasteiger partial charge in [0.15, 0.2) is 0 Å². The number of nitrogens with zero attached hydrogens (tertiary/aromatic N) is 3. The van der Waals surface area contributed by atoms with Crippen molar-refractivity contribution in [3.8, 4) is 0 Å². The van der Waals surface area contributed by atoms with Crippen LogP contribution in [0.3, 0.4) is 0 Å². The van der Waals surface area contributed by atoms with E-state index in [1.54, 1.807) is 6.20 Å². The molecule has 0 radical (unpaired) electrons. The van der Waals surface area contributed by atoms with E-state index in [9.17, 15) is 0 Å². The lowest BCUT2D eigenvalue weighted by Crippen LogP contribution is -2.31. The van der Waals surface area contributed by atoms with Gasteiger partial charge in [0.1, 0.15) is 0 Å². The fourth-order valence-electron chi connectivity index (χ4n) is 1.77. The van der Waals surface area contributed by atoms with E-state index in [0.717, 1.165) is 29.7 Å². The van der Waals surface area contributed by atoms with Gasteiger partial charge < -0.3 is 10.2 Å². The van der Waals surface area contributed by atoms with E-state index in [2.05, 4.69) is 47.4 Å². The third-order valence-electron chi connectivity index (χ3n) is 3.21. The molecule has 0 aliphatic rings. The zero-order chi connectivity index (χ0) is 13.0. The summed E-state index contributed by atoms with van der Waals surface area (Å²) in [6.45, 7) is 6.31. The number of aromatic nitrogens is 2. The van der Waals surface area contributed by atoms with Gasteiger partial charge in [-0.25, -0.2) is 0 Å². The van der Waals surface area contributed by atoms with Crippen LogP contribution in [0.15, 0.2) is 30.5 Å². The zero-order valence-electron chi connectivity index (χ0n) is 11.2. The van der Waals surface area contributed by atoms with Crippen LogP contribution in [0.5, 0.6) is 0 Å². The molecule has 0 aliphatic carbocycles. The topological polar surface area (TPSA) is 41.0 Å². The predicted octanol–water partition coefficient (Wildman–Crippen LogP) is 2.38. The molecule has 0 bridgehead atoms. The summed E-state index contributed by atoms with van der Waals surface area (Å²) in [5.74, 6) is 0. The van der Waals surface area contributed by atoms with Crippen LogP contribution in [-0.4, -0.2) is 41.3 Å². The summed E-state index contributed by atoms with van der Waals surface area (Å²) in [6, 6.07) is 8.62. The third-order valence-corrected chi connectivity index (χ3v) is 3.21. The second-order valence-corrected chi connectivity index (χ2v) is 4.78. The minimum absolute atomic E-state index is 0.569. The Balaban J connectivity index is 2.04. The van der Waals surface area contributed by atoms with Crippen LogP contribution in [0.1, 0.15) is 13.8 Å². The third kappa shape index (κ3) is 2.96. The minimum Gasteiger partial charge on any atom is -0.382 e. The number of benzene rings is 1. The summed E-state index contributed by atoms with van der Waals surface area (Å²) in [6.07, 6.45) is 1.79. The number of likely N-dealkylation sites (N-methyl/N-ethyl adjacent to an activating group) is 1. The summed E-state index contributed by atoms with van der Waals surface area (Å²) in [4.78, 5) is 2.31. The summed E-state index contributed by atoms with van der Waals surface area (Å²) in [7, 11) is 2.13. The highest BCUT2D eigenvalue weighted by Crippen LogP contribution is 2.19. The van der Waals surface area contributed by atoms with E-state index < -0.39 is 0 Å². The standard InChI is InChI=1S/C14H20N4/c1-11(2)18(3)9-8-15-14-10-16-17-13-7-5-4-6-12(13)14/h4-7,10-11H,8-9H2,1-3H3,(H,15,17). The highest BCUT2D eigenvalue weighted by atomic mass is 15.1. The first-order chi connectivity index (χ1) is 8.68. The van der Waals surface area contributed by atoms with E-state index in [0.29, 0.717) is 6.04 Å². The average Bonchev–Trinajstić information content (AvgIpc) is 2.38. The van der Waals surface area contributed by atoms with E-state index in [4.69, 9.17) is 0 Å². The molecule has 18 heavy (non-hydrogen) atoms. The molecule has 4 heteroatoms. The molecular weight excluding hydrogens is 224 g/mol. The SMILES string of the molecule is CC(C)N(C)CCNc1cnnc2ccccc12. The maximum absolute atomic E-state index is 4.11. The molecule has 0 spiro atoms. The summed E-state index contributed by atoms with van der Waals surface area (Å²) in [5, 5.41) is 12.7. The molecular formula is C14H20N4. The molecule has 1 aromatic carbocycles. The van der Waals surface area contributed by atoms with Crippen LogP contribution >= 0.6 is 0 Å². The number of hydrogen-bond donors (Lipinski definition) is 1. The molecule has 0 fully saturated rings. The fourth-order valence-corrected chi connectivity index (χ4v) is 1.77. The molecule has 2 rings (SSSR count). The second kappa shape index (κ2) is 5.78. The van der Waals surface area contributed by atoms with Gasteiger partial charge in [-0.1, -0.05) is 18.2 Å². The highest BCUT2D eigenvalue weighted by molar-refractivity contribution is 5.90.